The fourth-order valence-corrected chi connectivity index (χ4v) is 4.18. The minimum absolute atomic E-state index is 0.0893. The van der Waals surface area contributed by atoms with Gasteiger partial charge in [0, 0.05) is 30.7 Å². The zero-order valence-corrected chi connectivity index (χ0v) is 14.7. The van der Waals surface area contributed by atoms with E-state index in [2.05, 4.69) is 35.5 Å². The standard InChI is InChI=1S/C20H25N3O/c1-13-12-17(14(2)23(13)16-9-10-16)20(24)22(3)18-8-4-6-15-7-5-11-21-19(15)18/h5,7,11-12,16,18H,4,6,8-10H2,1-3H3/t18-/m1/s1. The molecule has 0 bridgehead atoms. The Morgan fingerprint density at radius 1 is 1.29 bits per heavy atom. The molecule has 0 aliphatic heterocycles. The Morgan fingerprint density at radius 3 is 2.83 bits per heavy atom. The highest BCUT2D eigenvalue weighted by molar-refractivity contribution is 5.96. The smallest absolute Gasteiger partial charge is 0.255 e. The molecule has 1 saturated carbocycles. The highest BCUT2D eigenvalue weighted by Gasteiger charge is 2.32. The van der Waals surface area contributed by atoms with E-state index in [1.807, 2.05) is 24.2 Å². The number of pyridine rings is 1. The van der Waals surface area contributed by atoms with Gasteiger partial charge in [-0.25, -0.2) is 0 Å². The number of nitrogens with zero attached hydrogens (tertiary/aromatic N) is 3. The van der Waals surface area contributed by atoms with E-state index >= 15 is 0 Å². The first-order valence-electron chi connectivity index (χ1n) is 8.97. The van der Waals surface area contributed by atoms with Crippen LogP contribution in [0.3, 0.4) is 0 Å². The van der Waals surface area contributed by atoms with Crippen LogP contribution in [0.1, 0.15) is 70.8 Å². The van der Waals surface area contributed by atoms with E-state index in [-0.39, 0.29) is 11.9 Å². The van der Waals surface area contributed by atoms with E-state index in [1.165, 1.54) is 24.1 Å². The average molecular weight is 323 g/mol. The van der Waals surface area contributed by atoms with Crippen LogP contribution in [0.15, 0.2) is 24.4 Å². The van der Waals surface area contributed by atoms with Crippen molar-refractivity contribution < 1.29 is 4.79 Å². The average Bonchev–Trinajstić information content (AvgIpc) is 3.38. The molecule has 0 radical (unpaired) electrons. The number of fused-ring (bicyclic) bond motifs is 1. The molecule has 4 nitrogen and oxygen atoms in total. The number of hydrogen-bond donors (Lipinski definition) is 0. The maximum Gasteiger partial charge on any atom is 0.255 e. The summed E-state index contributed by atoms with van der Waals surface area (Å²) in [6.45, 7) is 4.19. The minimum atomic E-state index is 0.0893. The Labute approximate surface area is 143 Å². The number of hydrogen-bond acceptors (Lipinski definition) is 2. The second kappa shape index (κ2) is 5.76. The zero-order valence-electron chi connectivity index (χ0n) is 14.7. The molecule has 1 amide bonds. The lowest BCUT2D eigenvalue weighted by molar-refractivity contribution is 0.0710. The quantitative estimate of drug-likeness (QED) is 0.857. The van der Waals surface area contributed by atoms with Crippen LogP contribution < -0.4 is 0 Å². The molecule has 2 aliphatic carbocycles. The first-order chi connectivity index (χ1) is 11.6. The molecule has 0 N–H and O–H groups in total. The van der Waals surface area contributed by atoms with E-state index in [1.54, 1.807) is 0 Å². The third-order valence-corrected chi connectivity index (χ3v) is 5.58. The van der Waals surface area contributed by atoms with Gasteiger partial charge in [0.25, 0.3) is 5.91 Å². The zero-order chi connectivity index (χ0) is 16.8. The summed E-state index contributed by atoms with van der Waals surface area (Å²) in [4.78, 5) is 19.7. The molecule has 4 heteroatoms. The maximum atomic E-state index is 13.2. The molecule has 2 aliphatic rings. The summed E-state index contributed by atoms with van der Waals surface area (Å²) >= 11 is 0. The summed E-state index contributed by atoms with van der Waals surface area (Å²) in [5.41, 5.74) is 5.54. The van der Waals surface area contributed by atoms with E-state index in [0.29, 0.717) is 6.04 Å². The molecule has 2 aromatic rings. The van der Waals surface area contributed by atoms with Gasteiger partial charge in [0.15, 0.2) is 0 Å². The molecule has 0 aromatic carbocycles. The molecule has 126 valence electrons. The lowest BCUT2D eigenvalue weighted by Gasteiger charge is -2.32. The Hall–Kier alpha value is -2.10. The van der Waals surface area contributed by atoms with E-state index in [4.69, 9.17) is 0 Å². The molecule has 0 unspecified atom stereocenters. The summed E-state index contributed by atoms with van der Waals surface area (Å²) in [7, 11) is 1.93. The SMILES string of the molecule is Cc1cc(C(=O)N(C)[C@@H]2CCCc3cccnc32)c(C)n1C1CC1. The molecule has 24 heavy (non-hydrogen) atoms. The van der Waals surface area contributed by atoms with Gasteiger partial charge in [0.1, 0.15) is 0 Å². The van der Waals surface area contributed by atoms with Crippen molar-refractivity contribution in [1.82, 2.24) is 14.5 Å². The van der Waals surface area contributed by atoms with Crippen molar-refractivity contribution >= 4 is 5.91 Å². The fraction of sp³-hybridized carbons (Fsp3) is 0.500. The summed E-state index contributed by atoms with van der Waals surface area (Å²) in [6.07, 6.45) is 7.49. The summed E-state index contributed by atoms with van der Waals surface area (Å²) < 4.78 is 2.34. The third kappa shape index (κ3) is 2.45. The van der Waals surface area contributed by atoms with Gasteiger partial charge in [0.05, 0.1) is 17.3 Å². The predicted molar refractivity (Wildman–Crippen MR) is 94.2 cm³/mol. The lowest BCUT2D eigenvalue weighted by atomic mass is 9.91. The van der Waals surface area contributed by atoms with Gasteiger partial charge in [-0.3, -0.25) is 9.78 Å². The van der Waals surface area contributed by atoms with Gasteiger partial charge in [-0.1, -0.05) is 6.07 Å². The van der Waals surface area contributed by atoms with Gasteiger partial charge < -0.3 is 9.47 Å². The number of carbonyl (C=O) groups excluding carboxylic acids is 1. The van der Waals surface area contributed by atoms with Crippen LogP contribution >= 0.6 is 0 Å². The second-order valence-corrected chi connectivity index (χ2v) is 7.26. The fourth-order valence-electron chi connectivity index (χ4n) is 4.18. The van der Waals surface area contributed by atoms with Gasteiger partial charge in [0.2, 0.25) is 0 Å². The van der Waals surface area contributed by atoms with E-state index in [0.717, 1.165) is 36.2 Å². The van der Waals surface area contributed by atoms with Crippen LogP contribution in [0.5, 0.6) is 0 Å². The summed E-state index contributed by atoms with van der Waals surface area (Å²) in [5, 5.41) is 0. The molecular formula is C20H25N3O. The predicted octanol–water partition coefficient (Wildman–Crippen LogP) is 3.98. The molecule has 4 rings (SSSR count). The topological polar surface area (TPSA) is 38.1 Å². The number of carbonyl (C=O) groups is 1. The van der Waals surface area contributed by atoms with Gasteiger partial charge in [-0.05, 0) is 63.6 Å². The number of aryl methyl sites for hydroxylation is 2. The Morgan fingerprint density at radius 2 is 2.08 bits per heavy atom. The van der Waals surface area contributed by atoms with Crippen molar-refractivity contribution in [2.75, 3.05) is 7.05 Å². The number of amides is 1. The monoisotopic (exact) mass is 323 g/mol. The van der Waals surface area contributed by atoms with Crippen LogP contribution in [0.2, 0.25) is 0 Å². The second-order valence-electron chi connectivity index (χ2n) is 7.26. The van der Waals surface area contributed by atoms with Crippen molar-refractivity contribution in [3.63, 3.8) is 0 Å². The normalized spacial score (nSPS) is 19.9. The summed E-state index contributed by atoms with van der Waals surface area (Å²) in [6, 6.07) is 6.90. The van der Waals surface area contributed by atoms with Gasteiger partial charge in [-0.15, -0.1) is 0 Å². The van der Waals surface area contributed by atoms with Crippen molar-refractivity contribution in [3.05, 3.63) is 52.6 Å². The first kappa shape index (κ1) is 15.4. The van der Waals surface area contributed by atoms with Crippen LogP contribution in [0, 0.1) is 13.8 Å². The Balaban J connectivity index is 1.65. The third-order valence-electron chi connectivity index (χ3n) is 5.58. The minimum Gasteiger partial charge on any atom is -0.345 e. The molecule has 2 aromatic heterocycles. The molecule has 2 heterocycles. The number of aromatic nitrogens is 2. The van der Waals surface area contributed by atoms with Crippen LogP contribution in [-0.2, 0) is 6.42 Å². The van der Waals surface area contributed by atoms with Crippen molar-refractivity contribution in [2.45, 2.75) is 58.0 Å². The molecule has 0 spiro atoms. The lowest BCUT2D eigenvalue weighted by Crippen LogP contribution is -2.34. The first-order valence-corrected chi connectivity index (χ1v) is 8.97. The van der Waals surface area contributed by atoms with Crippen molar-refractivity contribution in [1.29, 1.82) is 0 Å². The highest BCUT2D eigenvalue weighted by Crippen LogP contribution is 2.39. The van der Waals surface area contributed by atoms with E-state index in [9.17, 15) is 4.79 Å². The van der Waals surface area contributed by atoms with Crippen LogP contribution in [0.25, 0.3) is 0 Å². The van der Waals surface area contributed by atoms with Crippen LogP contribution in [-0.4, -0.2) is 27.4 Å². The molecular weight excluding hydrogens is 298 g/mol. The van der Waals surface area contributed by atoms with E-state index < -0.39 is 0 Å². The molecule has 0 saturated heterocycles. The molecule has 1 fully saturated rings. The largest absolute Gasteiger partial charge is 0.345 e. The van der Waals surface area contributed by atoms with Crippen molar-refractivity contribution in [3.8, 4) is 0 Å². The Kier molecular flexibility index (Phi) is 3.70. The highest BCUT2D eigenvalue weighted by atomic mass is 16.2. The van der Waals surface area contributed by atoms with Crippen molar-refractivity contribution in [2.24, 2.45) is 0 Å². The Bertz CT molecular complexity index is 788. The maximum absolute atomic E-state index is 13.2. The molecule has 1 atom stereocenters. The summed E-state index contributed by atoms with van der Waals surface area (Å²) in [5.74, 6) is 0.124. The van der Waals surface area contributed by atoms with Gasteiger partial charge in [-0.2, -0.15) is 0 Å². The van der Waals surface area contributed by atoms with Crippen LogP contribution in [0.4, 0.5) is 0 Å². The number of rotatable bonds is 3. The van der Waals surface area contributed by atoms with Gasteiger partial charge >= 0.3 is 0 Å².